The van der Waals surface area contributed by atoms with Crippen LogP contribution in [0.3, 0.4) is 0 Å². The van der Waals surface area contributed by atoms with Gasteiger partial charge >= 0.3 is 0 Å². The molecule has 1 aromatic heterocycles. The van der Waals surface area contributed by atoms with Crippen molar-refractivity contribution in [1.82, 2.24) is 0 Å². The fraction of sp³-hybridized carbons (Fsp3) is 0.556. The Hall–Kier alpha value is -0.720. The van der Waals surface area contributed by atoms with Crippen LogP contribution in [0.1, 0.15) is 26.3 Å². The molecule has 0 unspecified atom stereocenters. The van der Waals surface area contributed by atoms with E-state index in [1.54, 1.807) is 6.26 Å². The summed E-state index contributed by atoms with van der Waals surface area (Å²) in [5.74, 6) is 0. The van der Waals surface area contributed by atoms with Crippen LogP contribution in [0.25, 0.3) is 0 Å². The molecular weight excluding hydrogens is 124 g/mol. The van der Waals surface area contributed by atoms with Crippen molar-refractivity contribution in [2.75, 3.05) is 0 Å². The predicted molar refractivity (Wildman–Crippen MR) is 41.9 cm³/mol. The van der Waals surface area contributed by atoms with Gasteiger partial charge in [0.25, 0.3) is 0 Å². The third-order valence-corrected chi connectivity index (χ3v) is 1.31. The van der Waals surface area contributed by atoms with Crippen molar-refractivity contribution in [3.63, 3.8) is 0 Å². The summed E-state index contributed by atoms with van der Waals surface area (Å²) < 4.78 is 4.96. The van der Waals surface area contributed by atoms with E-state index in [0.29, 0.717) is 5.41 Å². The SMILES string of the molecule is CC(C)(C)Cc1ccoc1. The first kappa shape index (κ1) is 7.39. The van der Waals surface area contributed by atoms with Gasteiger partial charge in [-0.1, -0.05) is 20.8 Å². The van der Waals surface area contributed by atoms with E-state index in [2.05, 4.69) is 20.8 Å². The van der Waals surface area contributed by atoms with Crippen LogP contribution in [0.2, 0.25) is 0 Å². The largest absolute Gasteiger partial charge is 0.472 e. The van der Waals surface area contributed by atoms with Crippen LogP contribution in [-0.2, 0) is 6.42 Å². The average molecular weight is 138 g/mol. The normalized spacial score (nSPS) is 11.9. The Morgan fingerprint density at radius 3 is 2.50 bits per heavy atom. The molecule has 0 aliphatic carbocycles. The highest BCUT2D eigenvalue weighted by Gasteiger charge is 2.11. The molecule has 56 valence electrons. The highest BCUT2D eigenvalue weighted by Crippen LogP contribution is 2.20. The fourth-order valence-electron chi connectivity index (χ4n) is 1.01. The zero-order chi connectivity index (χ0) is 7.61. The molecular formula is C9H14O. The van der Waals surface area contributed by atoms with Crippen molar-refractivity contribution in [1.29, 1.82) is 0 Å². The molecule has 0 fully saturated rings. The smallest absolute Gasteiger partial charge is 0.0934 e. The molecule has 0 aliphatic rings. The molecule has 0 saturated heterocycles. The minimum Gasteiger partial charge on any atom is -0.472 e. The number of rotatable bonds is 1. The lowest BCUT2D eigenvalue weighted by molar-refractivity contribution is 0.408. The molecule has 1 aromatic rings. The van der Waals surface area contributed by atoms with E-state index in [1.165, 1.54) is 5.56 Å². The minimum atomic E-state index is 0.365. The van der Waals surface area contributed by atoms with Gasteiger partial charge in [0.15, 0.2) is 0 Å². The molecule has 1 nitrogen and oxygen atoms in total. The van der Waals surface area contributed by atoms with E-state index in [0.717, 1.165) is 6.42 Å². The maximum absolute atomic E-state index is 4.96. The Kier molecular flexibility index (Phi) is 1.84. The summed E-state index contributed by atoms with van der Waals surface area (Å²) in [5.41, 5.74) is 1.65. The summed E-state index contributed by atoms with van der Waals surface area (Å²) in [6.45, 7) is 6.67. The molecule has 10 heavy (non-hydrogen) atoms. The summed E-state index contributed by atoms with van der Waals surface area (Å²) in [5, 5.41) is 0. The van der Waals surface area contributed by atoms with Crippen molar-refractivity contribution >= 4 is 0 Å². The van der Waals surface area contributed by atoms with Crippen LogP contribution in [0.15, 0.2) is 23.0 Å². The molecule has 0 atom stereocenters. The Balaban J connectivity index is 2.57. The van der Waals surface area contributed by atoms with Crippen molar-refractivity contribution < 1.29 is 4.42 Å². The number of furan rings is 1. The number of hydrogen-bond donors (Lipinski definition) is 0. The van der Waals surface area contributed by atoms with Gasteiger partial charge in [-0.05, 0) is 23.5 Å². The molecule has 1 heterocycles. The van der Waals surface area contributed by atoms with E-state index >= 15 is 0 Å². The second-order valence-corrected chi connectivity index (χ2v) is 3.87. The molecule has 0 spiro atoms. The third-order valence-electron chi connectivity index (χ3n) is 1.31. The van der Waals surface area contributed by atoms with Crippen LogP contribution in [-0.4, -0.2) is 0 Å². The van der Waals surface area contributed by atoms with Gasteiger partial charge in [0.05, 0.1) is 12.5 Å². The lowest BCUT2D eigenvalue weighted by Crippen LogP contribution is -2.07. The Labute approximate surface area is 62.1 Å². The van der Waals surface area contributed by atoms with E-state index in [1.807, 2.05) is 12.3 Å². The van der Waals surface area contributed by atoms with Gasteiger partial charge in [0.2, 0.25) is 0 Å². The van der Waals surface area contributed by atoms with Gasteiger partial charge in [-0.2, -0.15) is 0 Å². The highest BCUT2D eigenvalue weighted by molar-refractivity contribution is 5.07. The molecule has 0 aromatic carbocycles. The van der Waals surface area contributed by atoms with Crippen LogP contribution in [0.4, 0.5) is 0 Å². The quantitative estimate of drug-likeness (QED) is 0.581. The van der Waals surface area contributed by atoms with Crippen LogP contribution >= 0.6 is 0 Å². The Morgan fingerprint density at radius 1 is 1.40 bits per heavy atom. The zero-order valence-electron chi connectivity index (χ0n) is 6.85. The monoisotopic (exact) mass is 138 g/mol. The van der Waals surface area contributed by atoms with E-state index in [-0.39, 0.29) is 0 Å². The molecule has 0 saturated carbocycles. The summed E-state index contributed by atoms with van der Waals surface area (Å²) >= 11 is 0. The first-order valence-electron chi connectivity index (χ1n) is 3.59. The van der Waals surface area contributed by atoms with Crippen LogP contribution in [0, 0.1) is 5.41 Å². The standard InChI is InChI=1S/C9H14O/c1-9(2,3)6-8-4-5-10-7-8/h4-5,7H,6H2,1-3H3. The van der Waals surface area contributed by atoms with Gasteiger partial charge in [-0.15, -0.1) is 0 Å². The molecule has 1 rings (SSSR count). The lowest BCUT2D eigenvalue weighted by atomic mass is 9.89. The molecule has 0 bridgehead atoms. The van der Waals surface area contributed by atoms with Gasteiger partial charge in [0.1, 0.15) is 0 Å². The average Bonchev–Trinajstić information content (AvgIpc) is 2.12. The topological polar surface area (TPSA) is 13.1 Å². The molecule has 0 N–H and O–H groups in total. The van der Waals surface area contributed by atoms with Crippen molar-refractivity contribution in [3.05, 3.63) is 24.2 Å². The lowest BCUT2D eigenvalue weighted by Gasteiger charge is -2.15. The van der Waals surface area contributed by atoms with Gasteiger partial charge in [-0.3, -0.25) is 0 Å². The van der Waals surface area contributed by atoms with Gasteiger partial charge < -0.3 is 4.42 Å². The van der Waals surface area contributed by atoms with E-state index in [4.69, 9.17) is 4.42 Å². The van der Waals surface area contributed by atoms with Gasteiger partial charge in [-0.25, -0.2) is 0 Å². The summed E-state index contributed by atoms with van der Waals surface area (Å²) in [6, 6.07) is 2.02. The number of hydrogen-bond acceptors (Lipinski definition) is 1. The Bertz CT molecular complexity index is 179. The molecule has 0 radical (unpaired) electrons. The molecule has 0 amide bonds. The van der Waals surface area contributed by atoms with Crippen molar-refractivity contribution in [3.8, 4) is 0 Å². The zero-order valence-corrected chi connectivity index (χ0v) is 6.85. The van der Waals surface area contributed by atoms with Crippen molar-refractivity contribution in [2.24, 2.45) is 5.41 Å². The summed E-state index contributed by atoms with van der Waals surface area (Å²) in [6.07, 6.45) is 4.62. The maximum Gasteiger partial charge on any atom is 0.0934 e. The third kappa shape index (κ3) is 2.26. The Morgan fingerprint density at radius 2 is 2.10 bits per heavy atom. The minimum absolute atomic E-state index is 0.365. The summed E-state index contributed by atoms with van der Waals surface area (Å²) in [7, 11) is 0. The first-order valence-corrected chi connectivity index (χ1v) is 3.59. The van der Waals surface area contributed by atoms with Gasteiger partial charge in [0, 0.05) is 0 Å². The molecule has 0 aliphatic heterocycles. The highest BCUT2D eigenvalue weighted by atomic mass is 16.3. The first-order chi connectivity index (χ1) is 4.58. The second kappa shape index (κ2) is 2.49. The van der Waals surface area contributed by atoms with E-state index in [9.17, 15) is 0 Å². The predicted octanol–water partition coefficient (Wildman–Crippen LogP) is 2.87. The van der Waals surface area contributed by atoms with Crippen LogP contribution < -0.4 is 0 Å². The second-order valence-electron chi connectivity index (χ2n) is 3.87. The summed E-state index contributed by atoms with van der Waals surface area (Å²) in [4.78, 5) is 0. The van der Waals surface area contributed by atoms with E-state index < -0.39 is 0 Å². The fourth-order valence-corrected chi connectivity index (χ4v) is 1.01. The molecule has 1 heteroatoms. The van der Waals surface area contributed by atoms with Crippen molar-refractivity contribution in [2.45, 2.75) is 27.2 Å². The van der Waals surface area contributed by atoms with Crippen LogP contribution in [0.5, 0.6) is 0 Å². The maximum atomic E-state index is 4.96.